The zero-order chi connectivity index (χ0) is 13.2. The van der Waals surface area contributed by atoms with Crippen LogP contribution in [0.5, 0.6) is 0 Å². The van der Waals surface area contributed by atoms with E-state index in [9.17, 15) is 13.2 Å². The number of hydrogen-bond donors (Lipinski definition) is 1. The van der Waals surface area contributed by atoms with Crippen molar-refractivity contribution in [1.29, 1.82) is 0 Å². The Labute approximate surface area is 121 Å². The van der Waals surface area contributed by atoms with Crippen LogP contribution in [0, 0.1) is 5.92 Å². The molecule has 1 saturated heterocycles. The topological polar surface area (TPSA) is 29.3 Å². The summed E-state index contributed by atoms with van der Waals surface area (Å²) in [6.07, 6.45) is -2.11. The fourth-order valence-corrected chi connectivity index (χ4v) is 3.13. The Morgan fingerprint density at radius 3 is 2.37 bits per heavy atom. The Morgan fingerprint density at radius 2 is 1.89 bits per heavy atom. The van der Waals surface area contributed by atoms with Crippen molar-refractivity contribution in [3.05, 3.63) is 21.9 Å². The van der Waals surface area contributed by atoms with Crippen LogP contribution < -0.4 is 5.73 Å². The lowest BCUT2D eigenvalue weighted by Gasteiger charge is -2.30. The first-order chi connectivity index (χ1) is 8.49. The summed E-state index contributed by atoms with van der Waals surface area (Å²) in [5, 5.41) is 0. The van der Waals surface area contributed by atoms with Crippen LogP contribution in [-0.2, 0) is 12.7 Å². The molecule has 110 valence electrons. The van der Waals surface area contributed by atoms with Gasteiger partial charge in [-0.1, -0.05) is 0 Å². The molecule has 2 N–H and O–H groups in total. The zero-order valence-electron chi connectivity index (χ0n) is 10.4. The predicted octanol–water partition coefficient (Wildman–Crippen LogP) is 3.36. The highest BCUT2D eigenvalue weighted by molar-refractivity contribution is 7.12. The largest absolute Gasteiger partial charge is 0.425 e. The molecule has 0 saturated carbocycles. The molecule has 0 radical (unpaired) electrons. The van der Waals surface area contributed by atoms with Gasteiger partial charge in [0.2, 0.25) is 0 Å². The van der Waals surface area contributed by atoms with E-state index in [-0.39, 0.29) is 12.4 Å². The molecule has 1 aliphatic rings. The lowest BCUT2D eigenvalue weighted by Crippen LogP contribution is -2.35. The highest BCUT2D eigenvalue weighted by Gasteiger charge is 2.32. The first-order valence-electron chi connectivity index (χ1n) is 6.07. The van der Waals surface area contributed by atoms with E-state index in [1.807, 2.05) is 0 Å². The first-order valence-corrected chi connectivity index (χ1v) is 6.89. The van der Waals surface area contributed by atoms with E-state index in [4.69, 9.17) is 5.73 Å². The third-order valence-electron chi connectivity index (χ3n) is 3.36. The highest BCUT2D eigenvalue weighted by Crippen LogP contribution is 2.35. The van der Waals surface area contributed by atoms with Crippen molar-refractivity contribution in [3.8, 4) is 0 Å². The van der Waals surface area contributed by atoms with Gasteiger partial charge in [0.1, 0.15) is 4.88 Å². The van der Waals surface area contributed by atoms with Crippen LogP contribution in [-0.4, -0.2) is 24.5 Å². The van der Waals surface area contributed by atoms with Crippen molar-refractivity contribution in [1.82, 2.24) is 4.90 Å². The van der Waals surface area contributed by atoms with Gasteiger partial charge in [-0.3, -0.25) is 4.90 Å². The number of likely N-dealkylation sites (tertiary alicyclic amines) is 1. The molecule has 0 amide bonds. The average molecular weight is 315 g/mol. The molecule has 2 heterocycles. The molecule has 19 heavy (non-hydrogen) atoms. The minimum Gasteiger partial charge on any atom is -0.330 e. The molecule has 0 aromatic carbocycles. The molecule has 1 aromatic heterocycles. The van der Waals surface area contributed by atoms with Crippen molar-refractivity contribution >= 4 is 23.7 Å². The van der Waals surface area contributed by atoms with E-state index in [1.54, 1.807) is 6.07 Å². The lowest BCUT2D eigenvalue weighted by molar-refractivity contribution is -0.134. The minimum atomic E-state index is -4.21. The number of thiophene rings is 1. The monoisotopic (exact) mass is 314 g/mol. The van der Waals surface area contributed by atoms with E-state index in [0.29, 0.717) is 19.0 Å². The van der Waals surface area contributed by atoms with Crippen molar-refractivity contribution < 1.29 is 13.2 Å². The van der Waals surface area contributed by atoms with Crippen LogP contribution in [0.15, 0.2) is 12.1 Å². The summed E-state index contributed by atoms with van der Waals surface area (Å²) < 4.78 is 37.4. The Bertz CT molecular complexity index is 387. The van der Waals surface area contributed by atoms with Gasteiger partial charge in [0.25, 0.3) is 0 Å². The maximum Gasteiger partial charge on any atom is 0.425 e. The molecule has 0 atom stereocenters. The second-order valence-electron chi connectivity index (χ2n) is 4.72. The van der Waals surface area contributed by atoms with Crippen LogP contribution in [0.25, 0.3) is 0 Å². The molecule has 7 heteroatoms. The molecule has 1 aliphatic heterocycles. The lowest BCUT2D eigenvalue weighted by atomic mass is 9.97. The van der Waals surface area contributed by atoms with E-state index in [1.165, 1.54) is 6.07 Å². The summed E-state index contributed by atoms with van der Waals surface area (Å²) in [6, 6.07) is 2.76. The minimum absolute atomic E-state index is 0. The van der Waals surface area contributed by atoms with Gasteiger partial charge in [-0.25, -0.2) is 0 Å². The van der Waals surface area contributed by atoms with Gasteiger partial charge in [0, 0.05) is 11.4 Å². The summed E-state index contributed by atoms with van der Waals surface area (Å²) >= 11 is 0.849. The van der Waals surface area contributed by atoms with E-state index in [2.05, 4.69) is 4.90 Å². The SMILES string of the molecule is Cl.NCC1CCN(Cc2ccc(C(F)(F)F)s2)CC1. The van der Waals surface area contributed by atoms with E-state index >= 15 is 0 Å². The van der Waals surface area contributed by atoms with Gasteiger partial charge >= 0.3 is 6.18 Å². The summed E-state index contributed by atoms with van der Waals surface area (Å²) in [5.41, 5.74) is 5.61. The molecule has 0 unspecified atom stereocenters. The van der Waals surface area contributed by atoms with Crippen LogP contribution in [0.4, 0.5) is 13.2 Å². The number of alkyl halides is 3. The number of rotatable bonds is 3. The van der Waals surface area contributed by atoms with Gasteiger partial charge in [-0.05, 0) is 50.5 Å². The van der Waals surface area contributed by atoms with E-state index in [0.717, 1.165) is 42.1 Å². The van der Waals surface area contributed by atoms with Gasteiger partial charge < -0.3 is 5.73 Å². The van der Waals surface area contributed by atoms with Gasteiger partial charge in [-0.15, -0.1) is 23.7 Å². The number of piperidine rings is 1. The summed E-state index contributed by atoms with van der Waals surface area (Å²) in [7, 11) is 0. The van der Waals surface area contributed by atoms with Crippen molar-refractivity contribution in [3.63, 3.8) is 0 Å². The Hall–Kier alpha value is -0.300. The second kappa shape index (κ2) is 6.92. The molecule has 0 aliphatic carbocycles. The van der Waals surface area contributed by atoms with Crippen LogP contribution in [0.1, 0.15) is 22.6 Å². The molecule has 2 nitrogen and oxygen atoms in total. The molecule has 0 spiro atoms. The van der Waals surface area contributed by atoms with Gasteiger partial charge in [0.15, 0.2) is 0 Å². The van der Waals surface area contributed by atoms with Crippen molar-refractivity contribution in [2.24, 2.45) is 11.7 Å². The van der Waals surface area contributed by atoms with Crippen LogP contribution in [0.2, 0.25) is 0 Å². The Balaban J connectivity index is 0.00000180. The molecule has 1 aromatic rings. The summed E-state index contributed by atoms with van der Waals surface area (Å²) in [6.45, 7) is 3.20. The normalized spacial score (nSPS) is 18.3. The second-order valence-corrected chi connectivity index (χ2v) is 5.89. The zero-order valence-corrected chi connectivity index (χ0v) is 12.1. The maximum atomic E-state index is 12.5. The molecule has 1 fully saturated rings. The summed E-state index contributed by atoms with van der Waals surface area (Å²) in [5.74, 6) is 0.579. The quantitative estimate of drug-likeness (QED) is 0.927. The predicted molar refractivity (Wildman–Crippen MR) is 73.6 cm³/mol. The fourth-order valence-electron chi connectivity index (χ4n) is 2.22. The summed E-state index contributed by atoms with van der Waals surface area (Å²) in [4.78, 5) is 2.49. The molecular formula is C12H18ClF3N2S. The fraction of sp³-hybridized carbons (Fsp3) is 0.667. The highest BCUT2D eigenvalue weighted by atomic mass is 35.5. The molecule has 2 rings (SSSR count). The average Bonchev–Trinajstić information content (AvgIpc) is 2.78. The molecular weight excluding hydrogens is 297 g/mol. The first kappa shape index (κ1) is 16.8. The number of nitrogens with two attached hydrogens (primary N) is 1. The van der Waals surface area contributed by atoms with Crippen molar-refractivity contribution in [2.45, 2.75) is 25.6 Å². The smallest absolute Gasteiger partial charge is 0.330 e. The van der Waals surface area contributed by atoms with E-state index < -0.39 is 11.1 Å². The number of halogens is 4. The Morgan fingerprint density at radius 1 is 1.26 bits per heavy atom. The van der Waals surface area contributed by atoms with Crippen LogP contribution in [0.3, 0.4) is 0 Å². The Kier molecular flexibility index (Phi) is 6.11. The van der Waals surface area contributed by atoms with Crippen molar-refractivity contribution in [2.75, 3.05) is 19.6 Å². The molecule has 0 bridgehead atoms. The van der Waals surface area contributed by atoms with Gasteiger partial charge in [0.05, 0.1) is 0 Å². The number of nitrogens with zero attached hydrogens (tertiary/aromatic N) is 1. The van der Waals surface area contributed by atoms with Gasteiger partial charge in [-0.2, -0.15) is 13.2 Å². The number of hydrogen-bond acceptors (Lipinski definition) is 3. The maximum absolute atomic E-state index is 12.5. The van der Waals surface area contributed by atoms with Crippen LogP contribution >= 0.6 is 23.7 Å². The standard InChI is InChI=1S/C12H17F3N2S.ClH/c13-12(14,15)11-2-1-10(18-11)8-17-5-3-9(7-16)4-6-17;/h1-2,9H,3-8,16H2;1H. The third-order valence-corrected chi connectivity index (χ3v) is 4.48. The third kappa shape index (κ3) is 4.63.